The first-order valence-corrected chi connectivity index (χ1v) is 11.6. The van der Waals surface area contributed by atoms with Gasteiger partial charge in [0.2, 0.25) is 15.0 Å². The predicted octanol–water partition coefficient (Wildman–Crippen LogP) is 4.37. The van der Waals surface area contributed by atoms with Gasteiger partial charge in [-0.1, -0.05) is 53.7 Å². The van der Waals surface area contributed by atoms with Crippen LogP contribution in [0.4, 0.5) is 0 Å². The second-order valence-electron chi connectivity index (χ2n) is 9.82. The Labute approximate surface area is 177 Å². The van der Waals surface area contributed by atoms with E-state index in [2.05, 4.69) is 9.97 Å². The number of hydrogen-bond donors (Lipinski definition) is 3. The van der Waals surface area contributed by atoms with Gasteiger partial charge in [-0.2, -0.15) is 0 Å². The first-order chi connectivity index (χ1) is 13.7. The van der Waals surface area contributed by atoms with Crippen LogP contribution in [0.3, 0.4) is 0 Å². The van der Waals surface area contributed by atoms with Crippen LogP contribution < -0.4 is 0 Å². The predicted molar refractivity (Wildman–Crippen MR) is 119 cm³/mol. The van der Waals surface area contributed by atoms with E-state index in [1.54, 1.807) is 36.4 Å². The molecule has 0 amide bonds. The molecule has 0 aliphatic rings. The van der Waals surface area contributed by atoms with Gasteiger partial charge in [0.15, 0.2) is 0 Å². The molecule has 1 unspecified atom stereocenters. The molecule has 0 radical (unpaired) electrons. The van der Waals surface area contributed by atoms with Gasteiger partial charge in [-0.05, 0) is 51.8 Å². The molecular formula is C23H30N2O4S. The number of aliphatic hydroxyl groups is 1. The average Bonchev–Trinajstić information content (AvgIpc) is 3.04. The summed E-state index contributed by atoms with van der Waals surface area (Å²) in [4.78, 5) is 6.99. The van der Waals surface area contributed by atoms with Gasteiger partial charge in [-0.3, -0.25) is 0 Å². The highest BCUT2D eigenvalue weighted by molar-refractivity contribution is 7.91. The van der Waals surface area contributed by atoms with E-state index in [0.29, 0.717) is 27.7 Å². The third-order valence-corrected chi connectivity index (χ3v) is 6.71. The number of hydrogen-bond acceptors (Lipinski definition) is 5. The van der Waals surface area contributed by atoms with Gasteiger partial charge in [0, 0.05) is 0 Å². The zero-order valence-corrected chi connectivity index (χ0v) is 19.1. The summed E-state index contributed by atoms with van der Waals surface area (Å²) >= 11 is 0. The van der Waals surface area contributed by atoms with E-state index in [-0.39, 0.29) is 21.7 Å². The van der Waals surface area contributed by atoms with Crippen LogP contribution in [0.25, 0.3) is 11.0 Å². The van der Waals surface area contributed by atoms with Crippen molar-refractivity contribution in [3.63, 3.8) is 0 Å². The topological polar surface area (TPSA) is 103 Å². The van der Waals surface area contributed by atoms with E-state index in [1.807, 2.05) is 41.5 Å². The molecule has 3 N–H and O–H groups in total. The van der Waals surface area contributed by atoms with Crippen molar-refractivity contribution in [2.75, 3.05) is 5.75 Å². The van der Waals surface area contributed by atoms with E-state index >= 15 is 0 Å². The number of aromatic amines is 1. The number of phenolic OH excluding ortho intramolecular Hbond substituents is 1. The summed E-state index contributed by atoms with van der Waals surface area (Å²) in [5, 5.41) is 21.5. The average molecular weight is 431 g/mol. The lowest BCUT2D eigenvalue weighted by Crippen LogP contribution is -2.21. The summed E-state index contributed by atoms with van der Waals surface area (Å²) < 4.78 is 25.8. The molecule has 2 aromatic carbocycles. The number of para-hydroxylation sites is 2. The third-order valence-electron chi connectivity index (χ3n) is 5.17. The number of fused-ring (bicyclic) bond motifs is 1. The number of rotatable bonds is 4. The van der Waals surface area contributed by atoms with Gasteiger partial charge in [-0.25, -0.2) is 13.4 Å². The molecule has 30 heavy (non-hydrogen) atoms. The first kappa shape index (κ1) is 22.3. The Balaban J connectivity index is 2.02. The second-order valence-corrected chi connectivity index (χ2v) is 11.8. The van der Waals surface area contributed by atoms with Gasteiger partial charge in [0.25, 0.3) is 0 Å². The van der Waals surface area contributed by atoms with Gasteiger partial charge in [0.05, 0.1) is 22.9 Å². The van der Waals surface area contributed by atoms with Crippen LogP contribution in [-0.4, -0.2) is 34.4 Å². The SMILES string of the molecule is CC(C)(C)c1cc(C(O)CS(=O)(=O)c2nc3ccccc3[nH]2)cc(C(C)(C)C)c1O. The zero-order valence-electron chi connectivity index (χ0n) is 18.3. The highest BCUT2D eigenvalue weighted by Gasteiger charge is 2.30. The number of aromatic nitrogens is 2. The van der Waals surface area contributed by atoms with Gasteiger partial charge >= 0.3 is 0 Å². The number of aliphatic hydroxyl groups excluding tert-OH is 1. The summed E-state index contributed by atoms with van der Waals surface area (Å²) in [6.07, 6.45) is -1.26. The minimum atomic E-state index is -3.86. The number of H-pyrrole nitrogens is 1. The van der Waals surface area contributed by atoms with Crippen molar-refractivity contribution in [1.82, 2.24) is 9.97 Å². The number of imidazole rings is 1. The number of benzene rings is 2. The van der Waals surface area contributed by atoms with E-state index in [0.717, 1.165) is 0 Å². The maximum absolute atomic E-state index is 12.9. The monoisotopic (exact) mass is 430 g/mol. The molecule has 6 nitrogen and oxygen atoms in total. The van der Waals surface area contributed by atoms with Crippen molar-refractivity contribution < 1.29 is 18.6 Å². The molecular weight excluding hydrogens is 400 g/mol. The summed E-state index contributed by atoms with van der Waals surface area (Å²) in [5.74, 6) is -0.323. The van der Waals surface area contributed by atoms with Gasteiger partial charge in [-0.15, -0.1) is 0 Å². The number of sulfone groups is 1. The van der Waals surface area contributed by atoms with E-state index in [1.165, 1.54) is 0 Å². The fourth-order valence-corrected chi connectivity index (χ4v) is 4.72. The molecule has 0 bridgehead atoms. The molecule has 0 aliphatic carbocycles. The Hall–Kier alpha value is -2.38. The smallest absolute Gasteiger partial charge is 0.226 e. The fourth-order valence-electron chi connectivity index (χ4n) is 3.45. The normalized spacial score (nSPS) is 14.2. The van der Waals surface area contributed by atoms with Crippen molar-refractivity contribution >= 4 is 20.9 Å². The molecule has 0 fully saturated rings. The largest absolute Gasteiger partial charge is 0.507 e. The standard InChI is InChI=1S/C23H30N2O4S/c1-22(2,3)15-11-14(12-16(20(15)27)23(4,5)6)19(26)13-30(28,29)21-24-17-9-7-8-10-18(17)25-21/h7-12,19,26-27H,13H2,1-6H3,(H,24,25). The van der Waals surface area contributed by atoms with Crippen LogP contribution in [0.15, 0.2) is 41.6 Å². The summed E-state index contributed by atoms with van der Waals surface area (Å²) in [6.45, 7) is 11.8. The second kappa shape index (κ2) is 7.39. The molecule has 3 rings (SSSR count). The molecule has 0 saturated heterocycles. The van der Waals surface area contributed by atoms with E-state index < -0.39 is 21.7 Å². The van der Waals surface area contributed by atoms with Crippen molar-refractivity contribution in [3.05, 3.63) is 53.1 Å². The Kier molecular flexibility index (Phi) is 5.50. The Morgan fingerprint density at radius 2 is 1.53 bits per heavy atom. The van der Waals surface area contributed by atoms with Crippen molar-refractivity contribution in [2.45, 2.75) is 63.6 Å². The van der Waals surface area contributed by atoms with Crippen LogP contribution in [0.5, 0.6) is 5.75 Å². The minimum Gasteiger partial charge on any atom is -0.507 e. The van der Waals surface area contributed by atoms with Crippen LogP contribution in [0, 0.1) is 0 Å². The fraction of sp³-hybridized carbons (Fsp3) is 0.435. The molecule has 0 aliphatic heterocycles. The quantitative estimate of drug-likeness (QED) is 0.570. The molecule has 1 atom stereocenters. The van der Waals surface area contributed by atoms with Crippen molar-refractivity contribution in [1.29, 1.82) is 0 Å². The maximum Gasteiger partial charge on any atom is 0.226 e. The molecule has 1 heterocycles. The van der Waals surface area contributed by atoms with Crippen LogP contribution in [0.1, 0.15) is 64.3 Å². The summed E-state index contributed by atoms with van der Waals surface area (Å²) in [5.41, 5.74) is 2.23. The lowest BCUT2D eigenvalue weighted by Gasteiger charge is -2.29. The molecule has 1 aromatic heterocycles. The van der Waals surface area contributed by atoms with E-state index in [4.69, 9.17) is 0 Å². The molecule has 7 heteroatoms. The highest BCUT2D eigenvalue weighted by Crippen LogP contribution is 2.41. The highest BCUT2D eigenvalue weighted by atomic mass is 32.2. The molecule has 162 valence electrons. The lowest BCUT2D eigenvalue weighted by atomic mass is 9.78. The Bertz CT molecular complexity index is 1110. The summed E-state index contributed by atoms with van der Waals surface area (Å²) in [7, 11) is -3.86. The van der Waals surface area contributed by atoms with Crippen LogP contribution >= 0.6 is 0 Å². The molecule has 0 spiro atoms. The maximum atomic E-state index is 12.9. The van der Waals surface area contributed by atoms with Crippen LogP contribution in [0.2, 0.25) is 0 Å². The zero-order chi connectivity index (χ0) is 22.5. The lowest BCUT2D eigenvalue weighted by molar-refractivity contribution is 0.201. The number of aromatic hydroxyl groups is 1. The Morgan fingerprint density at radius 1 is 1.00 bits per heavy atom. The van der Waals surface area contributed by atoms with Crippen molar-refractivity contribution in [2.24, 2.45) is 0 Å². The summed E-state index contributed by atoms with van der Waals surface area (Å²) in [6, 6.07) is 10.5. The number of phenols is 1. The van der Waals surface area contributed by atoms with Crippen LogP contribution in [-0.2, 0) is 20.7 Å². The van der Waals surface area contributed by atoms with Crippen molar-refractivity contribution in [3.8, 4) is 5.75 Å². The van der Waals surface area contributed by atoms with E-state index in [9.17, 15) is 18.6 Å². The van der Waals surface area contributed by atoms with Gasteiger partial charge in [0.1, 0.15) is 5.75 Å². The molecule has 3 aromatic rings. The third kappa shape index (κ3) is 4.37. The number of nitrogens with one attached hydrogen (secondary N) is 1. The molecule has 0 saturated carbocycles. The van der Waals surface area contributed by atoms with Gasteiger partial charge < -0.3 is 15.2 Å². The Morgan fingerprint density at radius 3 is 2.03 bits per heavy atom. The first-order valence-electron chi connectivity index (χ1n) is 9.93. The minimum absolute atomic E-state index is 0.159. The number of nitrogens with zero attached hydrogens (tertiary/aromatic N) is 1.